The first-order chi connectivity index (χ1) is 21.7. The molecule has 4 aromatic rings. The number of nitriles is 1. The van der Waals surface area contributed by atoms with Gasteiger partial charge in [-0.25, -0.2) is 18.2 Å². The van der Waals surface area contributed by atoms with Gasteiger partial charge in [0, 0.05) is 54.5 Å². The fourth-order valence-electron chi connectivity index (χ4n) is 8.05. The zero-order valence-corrected chi connectivity index (χ0v) is 25.0. The average Bonchev–Trinajstić information content (AvgIpc) is 3.66. The number of phenols is 1. The molecule has 232 valence electrons. The maximum Gasteiger partial charge on any atom is 0.236 e. The number of aromatic nitrogens is 2. The number of hydrogen-bond acceptors (Lipinski definition) is 8. The van der Waals surface area contributed by atoms with E-state index >= 15 is 4.39 Å². The van der Waals surface area contributed by atoms with E-state index < -0.39 is 23.3 Å². The summed E-state index contributed by atoms with van der Waals surface area (Å²) in [7, 11) is 0. The fourth-order valence-corrected chi connectivity index (χ4v) is 8.32. The van der Waals surface area contributed by atoms with Crippen LogP contribution in [0.25, 0.3) is 33.1 Å². The number of aromatic hydroxyl groups is 1. The molecule has 2 aromatic heterocycles. The molecule has 6 heterocycles. The largest absolute Gasteiger partial charge is 0.508 e. The van der Waals surface area contributed by atoms with Gasteiger partial charge in [-0.1, -0.05) is 17.7 Å². The monoisotopic (exact) mass is 634 g/mol. The molecule has 2 N–H and O–H groups in total. The van der Waals surface area contributed by atoms with E-state index in [1.54, 1.807) is 0 Å². The van der Waals surface area contributed by atoms with Gasteiger partial charge in [-0.3, -0.25) is 4.90 Å². The molecule has 4 atom stereocenters. The highest BCUT2D eigenvalue weighted by Crippen LogP contribution is 2.44. The summed E-state index contributed by atoms with van der Waals surface area (Å²) >= 11 is 6.36. The van der Waals surface area contributed by atoms with Crippen molar-refractivity contribution in [1.82, 2.24) is 20.2 Å². The predicted octanol–water partition coefficient (Wildman–Crippen LogP) is 5.85. The van der Waals surface area contributed by atoms with Crippen molar-refractivity contribution < 1.29 is 23.0 Å². The third kappa shape index (κ3) is 4.65. The van der Waals surface area contributed by atoms with Crippen molar-refractivity contribution >= 4 is 39.1 Å². The molecular weight excluding hydrogens is 605 g/mol. The lowest BCUT2D eigenvalue weighted by Gasteiger charge is -2.36. The Kier molecular flexibility index (Phi) is 6.75. The van der Waals surface area contributed by atoms with E-state index in [0.29, 0.717) is 42.5 Å². The van der Waals surface area contributed by atoms with Crippen molar-refractivity contribution in [2.24, 2.45) is 0 Å². The molecule has 4 fully saturated rings. The standard InChI is InChI=1S/C33H30ClF3N6O2/c34-28-25(36)5-2-17-8-21(44)9-22(27(17)28)29-26(37)10-23-30(42-14-19-3-4-20(15-42)39-19)24(12-38)32(41-31(23)40-29)45-16-33-6-1-7-43(33)13-18(35)11-33/h2,5,8-10,18-20,39,44H,1,3-4,6-7,11,13-16H2/t18-,19?,20?,33+/m1/s1. The van der Waals surface area contributed by atoms with Crippen LogP contribution in [0.4, 0.5) is 18.9 Å². The number of anilines is 1. The smallest absolute Gasteiger partial charge is 0.236 e. The van der Waals surface area contributed by atoms with Crippen molar-refractivity contribution in [3.05, 3.63) is 52.6 Å². The molecule has 8 nitrogen and oxygen atoms in total. The second-order valence-electron chi connectivity index (χ2n) is 12.8. The number of nitrogens with one attached hydrogen (secondary N) is 1. The number of rotatable bonds is 5. The van der Waals surface area contributed by atoms with Crippen molar-refractivity contribution in [1.29, 1.82) is 5.26 Å². The fraction of sp³-hybridized carbons (Fsp3) is 0.424. The van der Waals surface area contributed by atoms with Crippen LogP contribution in [-0.4, -0.2) is 76.6 Å². The Labute approximate surface area is 262 Å². The molecule has 0 aliphatic carbocycles. The van der Waals surface area contributed by atoms with Gasteiger partial charge in [-0.2, -0.15) is 10.2 Å². The maximum absolute atomic E-state index is 16.2. The topological polar surface area (TPSA) is 97.5 Å². The number of piperazine rings is 1. The summed E-state index contributed by atoms with van der Waals surface area (Å²) in [5, 5.41) is 25.3. The molecule has 0 saturated carbocycles. The van der Waals surface area contributed by atoms with Gasteiger partial charge in [0.1, 0.15) is 47.5 Å². The quantitative estimate of drug-likeness (QED) is 0.282. The molecule has 45 heavy (non-hydrogen) atoms. The second-order valence-corrected chi connectivity index (χ2v) is 13.2. The first kappa shape index (κ1) is 28.6. The zero-order valence-electron chi connectivity index (χ0n) is 24.3. The van der Waals surface area contributed by atoms with Crippen LogP contribution in [0.2, 0.25) is 5.02 Å². The number of halogens is 4. The van der Waals surface area contributed by atoms with Crippen LogP contribution >= 0.6 is 11.6 Å². The number of ether oxygens (including phenoxy) is 1. The maximum atomic E-state index is 16.2. The van der Waals surface area contributed by atoms with Crippen LogP contribution in [0.15, 0.2) is 30.3 Å². The Bertz CT molecular complexity index is 1910. The SMILES string of the molecule is N#Cc1c(OC[C@@]23CCCN2C[C@H](F)C3)nc2nc(-c3cc(O)cc4ccc(F)c(Cl)c34)c(F)cc2c1N1CC2CCC(C1)N2. The lowest BCUT2D eigenvalue weighted by Crippen LogP contribution is -2.51. The Balaban J connectivity index is 1.31. The molecule has 0 amide bonds. The number of fused-ring (bicyclic) bond motifs is 5. The molecule has 2 unspecified atom stereocenters. The molecule has 4 aliphatic heterocycles. The molecular formula is C33H30ClF3N6O2. The number of nitrogens with zero attached hydrogens (tertiary/aromatic N) is 5. The van der Waals surface area contributed by atoms with Crippen molar-refractivity contribution in [2.45, 2.75) is 55.9 Å². The van der Waals surface area contributed by atoms with Gasteiger partial charge in [0.05, 0.1) is 16.2 Å². The van der Waals surface area contributed by atoms with Crippen molar-refractivity contribution in [2.75, 3.05) is 37.7 Å². The number of phenolic OH excluding ortho intramolecular Hbond substituents is 1. The molecule has 4 aliphatic rings. The highest BCUT2D eigenvalue weighted by molar-refractivity contribution is 6.37. The van der Waals surface area contributed by atoms with Gasteiger partial charge in [-0.15, -0.1) is 0 Å². The average molecular weight is 635 g/mol. The minimum absolute atomic E-state index is 0.0596. The van der Waals surface area contributed by atoms with E-state index in [-0.39, 0.29) is 63.2 Å². The van der Waals surface area contributed by atoms with Crippen molar-refractivity contribution in [3.63, 3.8) is 0 Å². The number of benzene rings is 2. The highest BCUT2D eigenvalue weighted by atomic mass is 35.5. The summed E-state index contributed by atoms with van der Waals surface area (Å²) in [5.41, 5.74) is 0.253. The summed E-state index contributed by atoms with van der Waals surface area (Å²) in [4.78, 5) is 13.5. The van der Waals surface area contributed by atoms with Crippen LogP contribution < -0.4 is 15.0 Å². The summed E-state index contributed by atoms with van der Waals surface area (Å²) < 4.78 is 51.6. The van der Waals surface area contributed by atoms with Crippen LogP contribution in [0.1, 0.15) is 37.7 Å². The molecule has 4 saturated heterocycles. The normalized spacial score (nSPS) is 26.1. The van der Waals surface area contributed by atoms with Crippen LogP contribution in [-0.2, 0) is 0 Å². The Morgan fingerprint density at radius 2 is 1.91 bits per heavy atom. The molecule has 8 rings (SSSR count). The molecule has 2 aromatic carbocycles. The zero-order chi connectivity index (χ0) is 31.0. The van der Waals surface area contributed by atoms with Crippen molar-refractivity contribution in [3.8, 4) is 29.0 Å². The molecule has 0 radical (unpaired) electrons. The van der Waals surface area contributed by atoms with Gasteiger partial charge >= 0.3 is 0 Å². The van der Waals surface area contributed by atoms with Crippen LogP contribution in [0, 0.1) is 23.0 Å². The van der Waals surface area contributed by atoms with E-state index in [1.807, 2.05) is 0 Å². The summed E-state index contributed by atoms with van der Waals surface area (Å²) in [5.74, 6) is -1.54. The summed E-state index contributed by atoms with van der Waals surface area (Å²) in [6, 6.07) is 9.36. The summed E-state index contributed by atoms with van der Waals surface area (Å²) in [6.07, 6.45) is 3.13. The van der Waals surface area contributed by atoms with Crippen LogP contribution in [0.3, 0.4) is 0 Å². The Morgan fingerprint density at radius 1 is 1.11 bits per heavy atom. The summed E-state index contributed by atoms with van der Waals surface area (Å²) in [6.45, 7) is 2.54. The first-order valence-electron chi connectivity index (χ1n) is 15.3. The van der Waals surface area contributed by atoms with Gasteiger partial charge in [0.2, 0.25) is 5.88 Å². The van der Waals surface area contributed by atoms with Gasteiger partial charge in [-0.05, 0) is 61.9 Å². The van der Waals surface area contributed by atoms with Gasteiger partial charge in [0.25, 0.3) is 0 Å². The third-order valence-corrected chi connectivity index (χ3v) is 10.4. The number of hydrogen-bond donors (Lipinski definition) is 2. The minimum atomic E-state index is -0.943. The number of alkyl halides is 1. The van der Waals surface area contributed by atoms with E-state index in [0.717, 1.165) is 32.2 Å². The third-order valence-electron chi connectivity index (χ3n) is 10.00. The Morgan fingerprint density at radius 3 is 2.69 bits per heavy atom. The van der Waals surface area contributed by atoms with Gasteiger partial charge < -0.3 is 20.1 Å². The van der Waals surface area contributed by atoms with E-state index in [9.17, 15) is 19.1 Å². The lowest BCUT2D eigenvalue weighted by molar-refractivity contribution is 0.110. The predicted molar refractivity (Wildman–Crippen MR) is 164 cm³/mol. The van der Waals surface area contributed by atoms with Crippen LogP contribution in [0.5, 0.6) is 11.6 Å². The second kappa shape index (κ2) is 10.6. The lowest BCUT2D eigenvalue weighted by atomic mass is 9.95. The first-order valence-corrected chi connectivity index (χ1v) is 15.7. The minimum Gasteiger partial charge on any atom is -0.508 e. The van der Waals surface area contributed by atoms with E-state index in [4.69, 9.17) is 16.3 Å². The molecule has 12 heteroatoms. The molecule has 2 bridgehead atoms. The Hall–Kier alpha value is -3.85. The van der Waals surface area contributed by atoms with E-state index in [2.05, 4.69) is 31.2 Å². The van der Waals surface area contributed by atoms with E-state index in [1.165, 1.54) is 30.3 Å². The molecule has 0 spiro atoms. The number of pyridine rings is 2. The highest BCUT2D eigenvalue weighted by Gasteiger charge is 2.49. The van der Waals surface area contributed by atoms with Gasteiger partial charge in [0.15, 0.2) is 5.65 Å².